The lowest BCUT2D eigenvalue weighted by molar-refractivity contribution is 0.133. The number of thiocarbonyl (C=S) groups is 1. The van der Waals surface area contributed by atoms with Gasteiger partial charge in [0.15, 0.2) is 11.6 Å². The number of halogens is 4. The molecule has 1 heterocycles. The molecule has 0 radical (unpaired) electrons. The Hall–Kier alpha value is -1.50. The molecule has 27 heavy (non-hydrogen) atoms. The van der Waals surface area contributed by atoms with E-state index in [9.17, 15) is 0 Å². The third kappa shape index (κ3) is 5.27. The van der Waals surface area contributed by atoms with E-state index >= 15 is 0 Å². The van der Waals surface area contributed by atoms with E-state index < -0.39 is 11.6 Å². The van der Waals surface area contributed by atoms with Gasteiger partial charge in [0.1, 0.15) is 5.75 Å². The molecule has 140 valence electrons. The third-order valence-corrected chi connectivity index (χ3v) is 5.20. The molecule has 0 N–H and O–H groups in total. The summed E-state index contributed by atoms with van der Waals surface area (Å²) in [5, 5.41) is 1.25. The Kier molecular flexibility index (Phi) is 6.84. The first-order valence-corrected chi connectivity index (χ1v) is 9.62. The van der Waals surface area contributed by atoms with Crippen molar-refractivity contribution in [1.82, 2.24) is 9.55 Å². The van der Waals surface area contributed by atoms with Gasteiger partial charge in [-0.1, -0.05) is 58.5 Å². The Balaban J connectivity index is 1.80. The van der Waals surface area contributed by atoms with E-state index in [1.54, 1.807) is 65.8 Å². The summed E-state index contributed by atoms with van der Waals surface area (Å²) in [6.07, 6.45) is 4.30. The number of hydrogen-bond acceptors (Lipinski definition) is 4. The van der Waals surface area contributed by atoms with Crippen LogP contribution in [-0.4, -0.2) is 14.8 Å². The first-order valence-electron chi connectivity index (χ1n) is 7.64. The van der Waals surface area contributed by atoms with Gasteiger partial charge < -0.3 is 14.0 Å². The number of nitrogens with zero attached hydrogens (tertiary/aromatic N) is 2. The SMILES string of the molecule is S=C(Oc1ccc(Cl)c(Cl)c1)OC(c1ccc(Cl)cc1)C(Cl)n1ccnc1. The van der Waals surface area contributed by atoms with Gasteiger partial charge in [0.05, 0.1) is 16.4 Å². The Bertz CT molecular complexity index is 920. The molecular formula is C18H12Cl4N2O2S. The zero-order chi connectivity index (χ0) is 19.4. The maximum Gasteiger partial charge on any atom is 0.358 e. The summed E-state index contributed by atoms with van der Waals surface area (Å²) in [6.45, 7) is 0. The molecule has 3 rings (SSSR count). The van der Waals surface area contributed by atoms with Gasteiger partial charge in [-0.2, -0.15) is 0 Å². The number of alkyl halides is 1. The zero-order valence-electron chi connectivity index (χ0n) is 13.6. The Morgan fingerprint density at radius 2 is 1.78 bits per heavy atom. The predicted molar refractivity (Wildman–Crippen MR) is 112 cm³/mol. The average molecular weight is 462 g/mol. The molecule has 1 aromatic heterocycles. The molecule has 0 aliphatic heterocycles. The highest BCUT2D eigenvalue weighted by Gasteiger charge is 2.26. The van der Waals surface area contributed by atoms with Gasteiger partial charge >= 0.3 is 5.24 Å². The van der Waals surface area contributed by atoms with Crippen LogP contribution in [0.25, 0.3) is 0 Å². The number of rotatable bonds is 5. The van der Waals surface area contributed by atoms with Gasteiger partial charge in [-0.3, -0.25) is 0 Å². The summed E-state index contributed by atoms with van der Waals surface area (Å²) in [4.78, 5) is 4.01. The molecule has 0 aliphatic carbocycles. The maximum absolute atomic E-state index is 6.59. The van der Waals surface area contributed by atoms with Gasteiger partial charge in [-0.05, 0) is 29.8 Å². The molecule has 2 atom stereocenters. The van der Waals surface area contributed by atoms with Crippen LogP contribution in [0.4, 0.5) is 0 Å². The highest BCUT2D eigenvalue weighted by Crippen LogP contribution is 2.34. The molecule has 0 saturated carbocycles. The fraction of sp³-hybridized carbons (Fsp3) is 0.111. The van der Waals surface area contributed by atoms with Gasteiger partial charge in [-0.15, -0.1) is 0 Å². The molecule has 0 bridgehead atoms. The average Bonchev–Trinajstić information content (AvgIpc) is 3.18. The van der Waals surface area contributed by atoms with E-state index in [0.29, 0.717) is 20.8 Å². The van der Waals surface area contributed by atoms with Gasteiger partial charge in [0, 0.05) is 35.7 Å². The van der Waals surface area contributed by atoms with Crippen molar-refractivity contribution in [3.8, 4) is 5.75 Å². The first kappa shape index (κ1) is 20.2. The van der Waals surface area contributed by atoms with E-state index in [0.717, 1.165) is 5.56 Å². The molecule has 9 heteroatoms. The van der Waals surface area contributed by atoms with Crippen LogP contribution in [0.15, 0.2) is 61.2 Å². The number of hydrogen-bond donors (Lipinski definition) is 0. The largest absolute Gasteiger partial charge is 0.445 e. The molecule has 2 aromatic carbocycles. The van der Waals surface area contributed by atoms with Crippen LogP contribution in [0.3, 0.4) is 0 Å². The van der Waals surface area contributed by atoms with E-state index in [4.69, 9.17) is 68.1 Å². The number of benzene rings is 2. The molecule has 0 amide bonds. The highest BCUT2D eigenvalue weighted by atomic mass is 35.5. The van der Waals surface area contributed by atoms with Crippen molar-refractivity contribution in [2.75, 3.05) is 0 Å². The van der Waals surface area contributed by atoms with Crippen LogP contribution < -0.4 is 4.74 Å². The quantitative estimate of drug-likeness (QED) is 0.312. The first-order chi connectivity index (χ1) is 12.9. The summed E-state index contributed by atoms with van der Waals surface area (Å²) in [5.41, 5.74) is 0.150. The van der Waals surface area contributed by atoms with Crippen molar-refractivity contribution in [1.29, 1.82) is 0 Å². The van der Waals surface area contributed by atoms with Crippen molar-refractivity contribution in [2.24, 2.45) is 0 Å². The second-order valence-electron chi connectivity index (χ2n) is 5.40. The number of imidazole rings is 1. The van der Waals surface area contributed by atoms with E-state index in [2.05, 4.69) is 4.98 Å². The van der Waals surface area contributed by atoms with Crippen molar-refractivity contribution in [2.45, 2.75) is 11.6 Å². The summed E-state index contributed by atoms with van der Waals surface area (Å²) < 4.78 is 13.1. The molecule has 3 aromatic rings. The summed E-state index contributed by atoms with van der Waals surface area (Å²) >= 11 is 29.7. The molecular weight excluding hydrogens is 450 g/mol. The van der Waals surface area contributed by atoms with Gasteiger partial charge in [0.2, 0.25) is 0 Å². The predicted octanol–water partition coefficient (Wildman–Crippen LogP) is 6.70. The summed E-state index contributed by atoms with van der Waals surface area (Å²) in [6, 6.07) is 11.9. The Morgan fingerprint density at radius 1 is 1.04 bits per heavy atom. The Labute approximate surface area is 181 Å². The van der Waals surface area contributed by atoms with Gasteiger partial charge in [-0.25, -0.2) is 4.98 Å². The highest BCUT2D eigenvalue weighted by molar-refractivity contribution is 7.79. The second kappa shape index (κ2) is 9.13. The van der Waals surface area contributed by atoms with Crippen LogP contribution in [0.2, 0.25) is 15.1 Å². The van der Waals surface area contributed by atoms with Crippen molar-refractivity contribution >= 4 is 63.9 Å². The fourth-order valence-electron chi connectivity index (χ4n) is 2.27. The van der Waals surface area contributed by atoms with Crippen LogP contribution in [-0.2, 0) is 4.74 Å². The molecule has 2 unspecified atom stereocenters. The van der Waals surface area contributed by atoms with Crippen molar-refractivity contribution < 1.29 is 9.47 Å². The van der Waals surface area contributed by atoms with Crippen molar-refractivity contribution in [3.63, 3.8) is 0 Å². The molecule has 0 saturated heterocycles. The molecule has 0 fully saturated rings. The van der Waals surface area contributed by atoms with Crippen molar-refractivity contribution in [3.05, 3.63) is 81.8 Å². The number of aromatic nitrogens is 2. The molecule has 4 nitrogen and oxygen atoms in total. The van der Waals surface area contributed by atoms with Crippen LogP contribution in [0.5, 0.6) is 5.75 Å². The topological polar surface area (TPSA) is 36.3 Å². The maximum atomic E-state index is 6.59. The normalized spacial score (nSPS) is 13.0. The van der Waals surface area contributed by atoms with E-state index in [-0.39, 0.29) is 5.24 Å². The molecule has 0 spiro atoms. The Morgan fingerprint density at radius 3 is 2.41 bits per heavy atom. The zero-order valence-corrected chi connectivity index (χ0v) is 17.4. The lowest BCUT2D eigenvalue weighted by Crippen LogP contribution is -2.21. The monoisotopic (exact) mass is 460 g/mol. The van der Waals surface area contributed by atoms with E-state index in [1.807, 2.05) is 0 Å². The standard InChI is InChI=1S/C18H12Cl4N2O2S/c19-12-3-1-11(2-4-12)16(17(22)24-8-7-23-10-24)26-18(27)25-13-5-6-14(20)15(21)9-13/h1-10,16-17H. The number of ether oxygens (including phenoxy) is 2. The minimum absolute atomic E-state index is 0.112. The lowest BCUT2D eigenvalue weighted by atomic mass is 10.1. The van der Waals surface area contributed by atoms with Crippen LogP contribution in [0, 0.1) is 0 Å². The minimum Gasteiger partial charge on any atom is -0.445 e. The van der Waals surface area contributed by atoms with E-state index in [1.165, 1.54) is 0 Å². The van der Waals surface area contributed by atoms with Gasteiger partial charge in [0.25, 0.3) is 0 Å². The summed E-state index contributed by atoms with van der Waals surface area (Å²) in [7, 11) is 0. The van der Waals surface area contributed by atoms with Crippen LogP contribution in [0.1, 0.15) is 17.2 Å². The molecule has 0 aliphatic rings. The third-order valence-electron chi connectivity index (χ3n) is 3.57. The fourth-order valence-corrected chi connectivity index (χ4v) is 3.20. The second-order valence-corrected chi connectivity index (χ2v) is 7.43. The smallest absolute Gasteiger partial charge is 0.358 e. The lowest BCUT2D eigenvalue weighted by Gasteiger charge is -2.24. The minimum atomic E-state index is -0.645. The summed E-state index contributed by atoms with van der Waals surface area (Å²) in [5.74, 6) is 0.401. The van der Waals surface area contributed by atoms with Crippen LogP contribution >= 0.6 is 58.6 Å².